The van der Waals surface area contributed by atoms with E-state index in [9.17, 15) is 4.79 Å². The van der Waals surface area contributed by atoms with Crippen LogP contribution in [0.1, 0.15) is 62.9 Å². The SMILES string of the molecule is CC(C)c1ccc(C(=O)NCC(N)CC(C)(C)C)cc1. The Labute approximate surface area is 122 Å². The average Bonchev–Trinajstić information content (AvgIpc) is 2.34. The molecule has 3 nitrogen and oxygen atoms in total. The molecule has 0 aliphatic carbocycles. The number of nitrogens with two attached hydrogens (primary N) is 1. The van der Waals surface area contributed by atoms with Gasteiger partial charge in [-0.15, -0.1) is 0 Å². The maximum absolute atomic E-state index is 12.0. The van der Waals surface area contributed by atoms with Crippen molar-refractivity contribution in [3.8, 4) is 0 Å². The molecule has 0 saturated heterocycles. The van der Waals surface area contributed by atoms with E-state index in [1.54, 1.807) is 0 Å². The normalized spacial score (nSPS) is 13.3. The molecular weight excluding hydrogens is 248 g/mol. The van der Waals surface area contributed by atoms with Crippen molar-refractivity contribution in [1.29, 1.82) is 0 Å². The van der Waals surface area contributed by atoms with Crippen molar-refractivity contribution in [2.45, 2.75) is 53.0 Å². The standard InChI is InChI=1S/C17H28N2O/c1-12(2)13-6-8-14(9-7-13)16(20)19-11-15(18)10-17(3,4)5/h6-9,12,15H,10-11,18H2,1-5H3,(H,19,20). The summed E-state index contributed by atoms with van der Waals surface area (Å²) in [6.45, 7) is 11.3. The predicted octanol–water partition coefficient (Wildman–Crippen LogP) is 3.30. The number of benzene rings is 1. The molecule has 1 aromatic carbocycles. The first-order chi connectivity index (χ1) is 9.19. The number of carbonyl (C=O) groups is 1. The molecular formula is C17H28N2O. The molecule has 0 aliphatic heterocycles. The largest absolute Gasteiger partial charge is 0.350 e. The monoisotopic (exact) mass is 276 g/mol. The Morgan fingerprint density at radius 3 is 2.20 bits per heavy atom. The predicted molar refractivity (Wildman–Crippen MR) is 84.9 cm³/mol. The zero-order valence-corrected chi connectivity index (χ0v) is 13.4. The molecule has 1 amide bonds. The number of hydrogen-bond acceptors (Lipinski definition) is 2. The number of nitrogens with one attached hydrogen (secondary N) is 1. The van der Waals surface area contributed by atoms with Gasteiger partial charge in [0, 0.05) is 18.2 Å². The van der Waals surface area contributed by atoms with Crippen LogP contribution in [-0.4, -0.2) is 18.5 Å². The van der Waals surface area contributed by atoms with Crippen molar-refractivity contribution in [2.24, 2.45) is 11.1 Å². The summed E-state index contributed by atoms with van der Waals surface area (Å²) in [5, 5.41) is 2.91. The second kappa shape index (κ2) is 6.89. The summed E-state index contributed by atoms with van der Waals surface area (Å²) in [7, 11) is 0. The molecule has 0 aliphatic rings. The molecule has 0 fully saturated rings. The Kier molecular flexibility index (Phi) is 5.75. The minimum Gasteiger partial charge on any atom is -0.350 e. The summed E-state index contributed by atoms with van der Waals surface area (Å²) in [5.41, 5.74) is 8.15. The Hall–Kier alpha value is -1.35. The molecule has 0 spiro atoms. The molecule has 3 N–H and O–H groups in total. The topological polar surface area (TPSA) is 55.1 Å². The Balaban J connectivity index is 2.50. The summed E-state index contributed by atoms with van der Waals surface area (Å²) < 4.78 is 0. The summed E-state index contributed by atoms with van der Waals surface area (Å²) in [6.07, 6.45) is 0.888. The van der Waals surface area contributed by atoms with Crippen molar-refractivity contribution in [1.82, 2.24) is 5.32 Å². The van der Waals surface area contributed by atoms with E-state index >= 15 is 0 Å². The molecule has 20 heavy (non-hydrogen) atoms. The van der Waals surface area contributed by atoms with Crippen LogP contribution in [-0.2, 0) is 0 Å². The molecule has 0 bridgehead atoms. The Bertz CT molecular complexity index is 429. The van der Waals surface area contributed by atoms with Crippen molar-refractivity contribution < 1.29 is 4.79 Å². The van der Waals surface area contributed by atoms with Gasteiger partial charge in [-0.3, -0.25) is 4.79 Å². The molecule has 112 valence electrons. The highest BCUT2D eigenvalue weighted by atomic mass is 16.1. The van der Waals surface area contributed by atoms with Crippen LogP contribution in [0.2, 0.25) is 0 Å². The van der Waals surface area contributed by atoms with Gasteiger partial charge in [0.05, 0.1) is 0 Å². The van der Waals surface area contributed by atoms with Crippen molar-refractivity contribution in [2.75, 3.05) is 6.54 Å². The van der Waals surface area contributed by atoms with Crippen LogP contribution in [0.15, 0.2) is 24.3 Å². The Morgan fingerprint density at radius 1 is 1.20 bits per heavy atom. The molecule has 0 saturated carbocycles. The highest BCUT2D eigenvalue weighted by Gasteiger charge is 2.16. The van der Waals surface area contributed by atoms with Gasteiger partial charge in [-0.05, 0) is 35.4 Å². The zero-order valence-electron chi connectivity index (χ0n) is 13.4. The first kappa shape index (κ1) is 16.7. The lowest BCUT2D eigenvalue weighted by Gasteiger charge is -2.23. The summed E-state index contributed by atoms with van der Waals surface area (Å²) in [4.78, 5) is 12.0. The second-order valence-electron chi connectivity index (χ2n) is 7.01. The van der Waals surface area contributed by atoms with Crippen LogP contribution in [0, 0.1) is 5.41 Å². The van der Waals surface area contributed by atoms with E-state index in [1.165, 1.54) is 5.56 Å². The molecule has 0 radical (unpaired) electrons. The quantitative estimate of drug-likeness (QED) is 0.867. The second-order valence-corrected chi connectivity index (χ2v) is 7.01. The maximum Gasteiger partial charge on any atom is 0.251 e. The summed E-state index contributed by atoms with van der Waals surface area (Å²) in [6, 6.07) is 7.76. The average molecular weight is 276 g/mol. The van der Waals surface area contributed by atoms with Crippen LogP contribution >= 0.6 is 0 Å². The Morgan fingerprint density at radius 2 is 1.75 bits per heavy atom. The third-order valence-corrected chi connectivity index (χ3v) is 3.24. The number of rotatable bonds is 5. The molecule has 1 unspecified atom stereocenters. The highest BCUT2D eigenvalue weighted by molar-refractivity contribution is 5.94. The van der Waals surface area contributed by atoms with Gasteiger partial charge in [0.1, 0.15) is 0 Å². The van der Waals surface area contributed by atoms with Gasteiger partial charge in [-0.2, -0.15) is 0 Å². The smallest absolute Gasteiger partial charge is 0.251 e. The van der Waals surface area contributed by atoms with Gasteiger partial charge < -0.3 is 11.1 Å². The van der Waals surface area contributed by atoms with Crippen molar-refractivity contribution in [3.63, 3.8) is 0 Å². The third kappa shape index (κ3) is 5.74. The molecule has 1 atom stereocenters. The minimum atomic E-state index is -0.0512. The molecule has 1 rings (SSSR count). The van der Waals surface area contributed by atoms with Gasteiger partial charge >= 0.3 is 0 Å². The lowest BCUT2D eigenvalue weighted by molar-refractivity contribution is 0.0948. The van der Waals surface area contributed by atoms with E-state index in [1.807, 2.05) is 24.3 Å². The number of hydrogen-bond donors (Lipinski definition) is 2. The first-order valence-electron chi connectivity index (χ1n) is 7.33. The van der Waals surface area contributed by atoms with Gasteiger partial charge in [0.2, 0.25) is 0 Å². The van der Waals surface area contributed by atoms with Crippen LogP contribution in [0.4, 0.5) is 0 Å². The molecule has 3 heteroatoms. The van der Waals surface area contributed by atoms with Gasteiger partial charge in [-0.1, -0.05) is 46.8 Å². The maximum atomic E-state index is 12.0. The van der Waals surface area contributed by atoms with Gasteiger partial charge in [-0.25, -0.2) is 0 Å². The van der Waals surface area contributed by atoms with E-state index < -0.39 is 0 Å². The van der Waals surface area contributed by atoms with Crippen LogP contribution < -0.4 is 11.1 Å². The summed E-state index contributed by atoms with van der Waals surface area (Å²) >= 11 is 0. The molecule has 0 heterocycles. The lowest BCUT2D eigenvalue weighted by atomic mass is 9.88. The molecule has 0 aromatic heterocycles. The van der Waals surface area contributed by atoms with Crippen LogP contribution in [0.5, 0.6) is 0 Å². The highest BCUT2D eigenvalue weighted by Crippen LogP contribution is 2.19. The van der Waals surface area contributed by atoms with E-state index in [0.29, 0.717) is 18.0 Å². The van der Waals surface area contributed by atoms with Crippen molar-refractivity contribution >= 4 is 5.91 Å². The third-order valence-electron chi connectivity index (χ3n) is 3.24. The van der Waals surface area contributed by atoms with E-state index in [0.717, 1.165) is 6.42 Å². The van der Waals surface area contributed by atoms with E-state index in [4.69, 9.17) is 5.73 Å². The first-order valence-corrected chi connectivity index (χ1v) is 7.33. The van der Waals surface area contributed by atoms with Crippen molar-refractivity contribution in [3.05, 3.63) is 35.4 Å². The van der Waals surface area contributed by atoms with Crippen LogP contribution in [0.3, 0.4) is 0 Å². The number of carbonyl (C=O) groups excluding carboxylic acids is 1. The minimum absolute atomic E-state index is 0.00566. The van der Waals surface area contributed by atoms with E-state index in [-0.39, 0.29) is 17.4 Å². The zero-order chi connectivity index (χ0) is 15.3. The van der Waals surface area contributed by atoms with Crippen LogP contribution in [0.25, 0.3) is 0 Å². The molecule has 1 aromatic rings. The fourth-order valence-electron chi connectivity index (χ4n) is 2.20. The van der Waals surface area contributed by atoms with E-state index in [2.05, 4.69) is 39.9 Å². The fourth-order valence-corrected chi connectivity index (χ4v) is 2.20. The summed E-state index contributed by atoms with van der Waals surface area (Å²) in [5.74, 6) is 0.428. The fraction of sp³-hybridized carbons (Fsp3) is 0.588. The lowest BCUT2D eigenvalue weighted by Crippen LogP contribution is -2.39. The van der Waals surface area contributed by atoms with Gasteiger partial charge in [0.15, 0.2) is 0 Å². The van der Waals surface area contributed by atoms with Gasteiger partial charge in [0.25, 0.3) is 5.91 Å². The number of amides is 1.